The monoisotopic (exact) mass is 429 g/mol. The molecule has 6 nitrogen and oxygen atoms in total. The van der Waals surface area contributed by atoms with Gasteiger partial charge in [-0.15, -0.1) is 0 Å². The average Bonchev–Trinajstić information content (AvgIpc) is 3.11. The fraction of sp³-hybridized carbons (Fsp3) is 0.429. The van der Waals surface area contributed by atoms with Gasteiger partial charge in [-0.2, -0.15) is 4.98 Å². The fourth-order valence-corrected chi connectivity index (χ4v) is 5.11. The summed E-state index contributed by atoms with van der Waals surface area (Å²) in [6.45, 7) is 2.51. The zero-order valence-corrected chi connectivity index (χ0v) is 17.4. The maximum absolute atomic E-state index is 6.39. The molecule has 4 aliphatic rings. The van der Waals surface area contributed by atoms with Crippen LogP contribution in [0.15, 0.2) is 22.7 Å². The summed E-state index contributed by atoms with van der Waals surface area (Å²) in [5, 5.41) is 9.23. The number of aromatic nitrogens is 3. The van der Waals surface area contributed by atoms with Gasteiger partial charge < -0.3 is 14.7 Å². The standard InChI is InChI=1S/C21H21Cl2N5O/c22-14-6-7-15(23)13(10-14)11-27-9-8-24-20-17(27)16-18(28(16)20)21-25-19(26-29-21)12-4-2-1-3-5-12/h6-7,10,12,24H,1-5,8-9,11H2. The van der Waals surface area contributed by atoms with Crippen LogP contribution in [0.25, 0.3) is 17.3 Å². The van der Waals surface area contributed by atoms with Gasteiger partial charge in [-0.1, -0.05) is 47.6 Å². The van der Waals surface area contributed by atoms with E-state index in [-0.39, 0.29) is 0 Å². The van der Waals surface area contributed by atoms with Crippen LogP contribution < -0.4 is 10.2 Å². The molecule has 4 heterocycles. The van der Waals surface area contributed by atoms with Gasteiger partial charge in [-0.05, 0) is 36.6 Å². The van der Waals surface area contributed by atoms with Gasteiger partial charge in [0, 0.05) is 35.6 Å². The van der Waals surface area contributed by atoms with Gasteiger partial charge in [-0.25, -0.2) is 0 Å². The lowest BCUT2D eigenvalue weighted by molar-refractivity contribution is 0.385. The number of nitrogens with one attached hydrogen (secondary N) is 1. The molecule has 3 aliphatic heterocycles. The van der Waals surface area contributed by atoms with Crippen molar-refractivity contribution in [2.75, 3.05) is 23.3 Å². The molecule has 0 bridgehead atoms. The lowest BCUT2D eigenvalue weighted by atomic mass is 9.89. The number of hydrogen-bond donors (Lipinski definition) is 1. The minimum atomic E-state index is 0.445. The molecule has 1 aromatic heterocycles. The molecule has 1 aromatic carbocycles. The van der Waals surface area contributed by atoms with Crippen molar-refractivity contribution < 1.29 is 4.52 Å². The van der Waals surface area contributed by atoms with Gasteiger partial charge >= 0.3 is 0 Å². The van der Waals surface area contributed by atoms with E-state index < -0.39 is 0 Å². The van der Waals surface area contributed by atoms with E-state index in [0.29, 0.717) is 16.8 Å². The van der Waals surface area contributed by atoms with Crippen molar-refractivity contribution in [2.45, 2.75) is 44.6 Å². The Morgan fingerprint density at radius 1 is 1.14 bits per heavy atom. The van der Waals surface area contributed by atoms with Crippen molar-refractivity contribution in [2.24, 2.45) is 0 Å². The molecule has 150 valence electrons. The van der Waals surface area contributed by atoms with Gasteiger partial charge in [0.1, 0.15) is 22.9 Å². The molecule has 1 aliphatic carbocycles. The Bertz CT molecular complexity index is 1100. The van der Waals surface area contributed by atoms with E-state index in [4.69, 9.17) is 32.7 Å². The van der Waals surface area contributed by atoms with Crippen molar-refractivity contribution in [3.63, 3.8) is 0 Å². The Morgan fingerprint density at radius 3 is 2.86 bits per heavy atom. The van der Waals surface area contributed by atoms with E-state index in [9.17, 15) is 0 Å². The van der Waals surface area contributed by atoms with Crippen LogP contribution in [0.2, 0.25) is 10.0 Å². The number of halogens is 2. The molecule has 0 radical (unpaired) electrons. The SMILES string of the molecule is Clc1ccc(Cl)c(CN2CCNc3c2c2c(-c4nc(C5CCCCC5)no4)n3-2)c1. The molecular weight excluding hydrogens is 409 g/mol. The smallest absolute Gasteiger partial charge is 0.277 e. The molecule has 0 saturated heterocycles. The highest BCUT2D eigenvalue weighted by Gasteiger charge is 2.45. The molecule has 2 aromatic rings. The quantitative estimate of drug-likeness (QED) is 0.455. The minimum absolute atomic E-state index is 0.445. The molecule has 0 atom stereocenters. The van der Waals surface area contributed by atoms with Crippen LogP contribution >= 0.6 is 23.2 Å². The summed E-state index contributed by atoms with van der Waals surface area (Å²) < 4.78 is 7.82. The number of hydrogen-bond acceptors (Lipinski definition) is 5. The van der Waals surface area contributed by atoms with E-state index in [1.807, 2.05) is 18.2 Å². The largest absolute Gasteiger partial charge is 0.368 e. The van der Waals surface area contributed by atoms with Gasteiger partial charge in [0.15, 0.2) is 5.82 Å². The summed E-state index contributed by atoms with van der Waals surface area (Å²) >= 11 is 12.6. The molecule has 29 heavy (non-hydrogen) atoms. The lowest BCUT2D eigenvalue weighted by Crippen LogP contribution is -2.36. The van der Waals surface area contributed by atoms with Crippen molar-refractivity contribution >= 4 is 34.7 Å². The highest BCUT2D eigenvalue weighted by Crippen LogP contribution is 2.58. The lowest BCUT2D eigenvalue weighted by Gasteiger charge is -2.34. The summed E-state index contributed by atoms with van der Waals surface area (Å²) in [5.41, 5.74) is 4.47. The Kier molecular flexibility index (Phi) is 4.06. The van der Waals surface area contributed by atoms with Gasteiger partial charge in [-0.3, -0.25) is 4.57 Å². The Hall–Kier alpha value is -2.18. The molecule has 6 rings (SSSR count). The average molecular weight is 430 g/mol. The summed E-state index contributed by atoms with van der Waals surface area (Å²) in [5.74, 6) is 3.07. The van der Waals surface area contributed by atoms with E-state index in [1.54, 1.807) is 0 Å². The summed E-state index contributed by atoms with van der Waals surface area (Å²) in [7, 11) is 0. The Labute approximate surface area is 178 Å². The van der Waals surface area contributed by atoms with Crippen LogP contribution in [0.1, 0.15) is 49.4 Å². The first-order chi connectivity index (χ1) is 14.2. The summed E-state index contributed by atoms with van der Waals surface area (Å²) in [6.07, 6.45) is 6.17. The number of rotatable bonds is 4. The van der Waals surface area contributed by atoms with Crippen molar-refractivity contribution in [1.82, 2.24) is 14.7 Å². The van der Waals surface area contributed by atoms with Crippen molar-refractivity contribution in [3.8, 4) is 17.3 Å². The van der Waals surface area contributed by atoms with Crippen LogP contribution in [-0.2, 0) is 6.54 Å². The highest BCUT2D eigenvalue weighted by molar-refractivity contribution is 6.33. The Morgan fingerprint density at radius 2 is 2.00 bits per heavy atom. The normalized spacial score (nSPS) is 17.9. The van der Waals surface area contributed by atoms with Crippen molar-refractivity contribution in [3.05, 3.63) is 39.6 Å². The van der Waals surface area contributed by atoms with Crippen LogP contribution in [0.5, 0.6) is 0 Å². The first kappa shape index (κ1) is 17.7. The first-order valence-electron chi connectivity index (χ1n) is 10.3. The van der Waals surface area contributed by atoms with Crippen LogP contribution in [-0.4, -0.2) is 27.8 Å². The third kappa shape index (κ3) is 2.84. The van der Waals surface area contributed by atoms with E-state index in [1.165, 1.54) is 43.5 Å². The molecule has 1 N–H and O–H groups in total. The molecule has 0 spiro atoms. The van der Waals surface area contributed by atoms with Crippen LogP contribution in [0.3, 0.4) is 0 Å². The topological polar surface area (TPSA) is 59.1 Å². The van der Waals surface area contributed by atoms with E-state index in [0.717, 1.165) is 47.6 Å². The predicted octanol–water partition coefficient (Wildman–Crippen LogP) is 5.63. The fourth-order valence-electron chi connectivity index (χ4n) is 4.74. The molecule has 8 heteroatoms. The third-order valence-corrected chi connectivity index (χ3v) is 6.87. The second-order valence-corrected chi connectivity index (χ2v) is 8.95. The first-order valence-corrected chi connectivity index (χ1v) is 11.0. The molecule has 0 unspecified atom stereocenters. The highest BCUT2D eigenvalue weighted by atomic mass is 35.5. The van der Waals surface area contributed by atoms with E-state index >= 15 is 0 Å². The van der Waals surface area contributed by atoms with Crippen LogP contribution in [0.4, 0.5) is 11.5 Å². The second kappa shape index (κ2) is 6.67. The third-order valence-electron chi connectivity index (χ3n) is 6.27. The molecular formula is C21H21Cl2N5O. The number of nitrogens with zero attached hydrogens (tertiary/aromatic N) is 4. The maximum Gasteiger partial charge on any atom is 0.277 e. The van der Waals surface area contributed by atoms with Gasteiger partial charge in [0.2, 0.25) is 0 Å². The molecule has 1 fully saturated rings. The second-order valence-electron chi connectivity index (χ2n) is 8.11. The number of benzene rings is 1. The minimum Gasteiger partial charge on any atom is -0.368 e. The van der Waals surface area contributed by atoms with Gasteiger partial charge in [0.05, 0.1) is 0 Å². The molecule has 1 saturated carbocycles. The number of anilines is 2. The Balaban J connectivity index is 1.28. The van der Waals surface area contributed by atoms with Gasteiger partial charge in [0.25, 0.3) is 5.89 Å². The maximum atomic E-state index is 6.39. The number of fused-ring (bicyclic) bond motifs is 4. The van der Waals surface area contributed by atoms with E-state index in [2.05, 4.69) is 19.9 Å². The van der Waals surface area contributed by atoms with Crippen molar-refractivity contribution in [1.29, 1.82) is 0 Å². The zero-order valence-electron chi connectivity index (χ0n) is 15.9. The zero-order chi connectivity index (χ0) is 19.5. The summed E-state index contributed by atoms with van der Waals surface area (Å²) in [6, 6.07) is 5.62. The van der Waals surface area contributed by atoms with Crippen LogP contribution in [0, 0.1) is 0 Å². The molecule has 0 amide bonds. The predicted molar refractivity (Wildman–Crippen MR) is 114 cm³/mol. The summed E-state index contributed by atoms with van der Waals surface area (Å²) in [4.78, 5) is 7.09.